The van der Waals surface area contributed by atoms with Crippen molar-refractivity contribution in [1.29, 1.82) is 0 Å². The van der Waals surface area contributed by atoms with Crippen LogP contribution < -0.4 is 0 Å². The van der Waals surface area contributed by atoms with Crippen LogP contribution >= 0.6 is 0 Å². The van der Waals surface area contributed by atoms with Gasteiger partial charge in [-0.3, -0.25) is 23.9 Å². The first-order chi connectivity index (χ1) is 19.3. The minimum absolute atomic E-state index is 0.0317. The minimum Gasteiger partial charge on any atom is -0.466 e. The normalized spacial score (nSPS) is 16.7. The summed E-state index contributed by atoms with van der Waals surface area (Å²) in [5.41, 5.74) is 1.70. The van der Waals surface area contributed by atoms with Crippen molar-refractivity contribution >= 4 is 23.7 Å². The van der Waals surface area contributed by atoms with Crippen LogP contribution in [0.1, 0.15) is 79.4 Å². The van der Waals surface area contributed by atoms with Gasteiger partial charge in [-0.05, 0) is 45.1 Å². The number of aryl methyl sites for hydroxylation is 1. The van der Waals surface area contributed by atoms with E-state index in [1.807, 2.05) is 44.2 Å². The lowest BCUT2D eigenvalue weighted by atomic mass is 9.97. The molecule has 0 unspecified atom stereocenters. The minimum atomic E-state index is -0.272. The standard InChI is InChI=1S/C30H41N5O5/c1-4-22(3)34(19-14-27(36)32-17-12-24(13-18-32)30(39)40-5-2)28(37)25-20-26-29(38)33(15-9-16-35(26)31-25)21-23-10-7-6-8-11-23/h6-8,10-11,20,22,24H,4-5,9,12-19,21H2,1-3H3/t22-/m1/s1. The van der Waals surface area contributed by atoms with Crippen LogP contribution in [0.15, 0.2) is 36.4 Å². The summed E-state index contributed by atoms with van der Waals surface area (Å²) in [4.78, 5) is 57.3. The van der Waals surface area contributed by atoms with Gasteiger partial charge in [-0.1, -0.05) is 37.3 Å². The molecule has 1 aromatic carbocycles. The molecule has 10 heteroatoms. The van der Waals surface area contributed by atoms with Gasteiger partial charge in [0.05, 0.1) is 12.5 Å². The maximum absolute atomic E-state index is 13.6. The predicted octanol–water partition coefficient (Wildman–Crippen LogP) is 3.36. The van der Waals surface area contributed by atoms with Crippen LogP contribution in [0.5, 0.6) is 0 Å². The Bertz CT molecular complexity index is 1190. The third-order valence-corrected chi connectivity index (χ3v) is 7.94. The van der Waals surface area contributed by atoms with E-state index < -0.39 is 0 Å². The summed E-state index contributed by atoms with van der Waals surface area (Å²) >= 11 is 0. The van der Waals surface area contributed by atoms with E-state index in [-0.39, 0.29) is 54.3 Å². The Morgan fingerprint density at radius 3 is 2.48 bits per heavy atom. The highest BCUT2D eigenvalue weighted by molar-refractivity contribution is 5.98. The number of likely N-dealkylation sites (tertiary alicyclic amines) is 1. The molecule has 3 amide bonds. The van der Waals surface area contributed by atoms with E-state index in [9.17, 15) is 19.2 Å². The molecular weight excluding hydrogens is 510 g/mol. The van der Waals surface area contributed by atoms with E-state index in [1.54, 1.807) is 32.4 Å². The molecule has 4 rings (SSSR count). The highest BCUT2D eigenvalue weighted by Crippen LogP contribution is 2.21. The van der Waals surface area contributed by atoms with Crippen molar-refractivity contribution in [2.24, 2.45) is 5.92 Å². The summed E-state index contributed by atoms with van der Waals surface area (Å²) in [5, 5.41) is 4.54. The zero-order chi connectivity index (χ0) is 28.6. The fourth-order valence-electron chi connectivity index (χ4n) is 5.38. The van der Waals surface area contributed by atoms with Gasteiger partial charge in [0.25, 0.3) is 11.8 Å². The summed E-state index contributed by atoms with van der Waals surface area (Å²) < 4.78 is 6.77. The molecule has 40 heavy (non-hydrogen) atoms. The van der Waals surface area contributed by atoms with E-state index in [4.69, 9.17) is 4.74 Å². The number of fused-ring (bicyclic) bond motifs is 1. The van der Waals surface area contributed by atoms with Crippen LogP contribution in [-0.4, -0.2) is 87.0 Å². The van der Waals surface area contributed by atoms with Crippen molar-refractivity contribution in [3.63, 3.8) is 0 Å². The van der Waals surface area contributed by atoms with Gasteiger partial charge in [-0.15, -0.1) is 0 Å². The predicted molar refractivity (Wildman–Crippen MR) is 149 cm³/mol. The molecule has 0 saturated carbocycles. The highest BCUT2D eigenvalue weighted by atomic mass is 16.5. The number of hydrogen-bond donors (Lipinski definition) is 0. The summed E-state index contributed by atoms with van der Waals surface area (Å²) in [6.07, 6.45) is 2.85. The number of esters is 1. The van der Waals surface area contributed by atoms with Crippen LogP contribution in [0.25, 0.3) is 0 Å². The molecule has 1 saturated heterocycles. The molecule has 10 nitrogen and oxygen atoms in total. The Morgan fingerprint density at radius 2 is 1.80 bits per heavy atom. The molecule has 0 radical (unpaired) electrons. The quantitative estimate of drug-likeness (QED) is 0.420. The number of piperidine rings is 1. The zero-order valence-corrected chi connectivity index (χ0v) is 23.9. The lowest BCUT2D eigenvalue weighted by Gasteiger charge is -2.32. The summed E-state index contributed by atoms with van der Waals surface area (Å²) in [6, 6.07) is 11.4. The monoisotopic (exact) mass is 551 g/mol. The Kier molecular flexibility index (Phi) is 9.95. The first-order valence-corrected chi connectivity index (χ1v) is 14.5. The van der Waals surface area contributed by atoms with E-state index in [1.165, 1.54) is 0 Å². The molecule has 0 bridgehead atoms. The number of amides is 3. The number of carbonyl (C=O) groups excluding carboxylic acids is 4. The fraction of sp³-hybridized carbons (Fsp3) is 0.567. The number of hydrogen-bond acceptors (Lipinski definition) is 6. The molecule has 2 aliphatic rings. The van der Waals surface area contributed by atoms with Gasteiger partial charge in [0.2, 0.25) is 5.91 Å². The van der Waals surface area contributed by atoms with E-state index in [0.29, 0.717) is 57.9 Å². The molecule has 0 N–H and O–H groups in total. The number of ether oxygens (including phenoxy) is 1. The second kappa shape index (κ2) is 13.6. The van der Waals surface area contributed by atoms with Crippen molar-refractivity contribution < 1.29 is 23.9 Å². The largest absolute Gasteiger partial charge is 0.466 e. The smallest absolute Gasteiger partial charge is 0.309 e. The average molecular weight is 552 g/mol. The second-order valence-corrected chi connectivity index (χ2v) is 10.6. The lowest BCUT2D eigenvalue weighted by Crippen LogP contribution is -2.44. The molecule has 2 aromatic rings. The molecule has 1 fully saturated rings. The van der Waals surface area contributed by atoms with Gasteiger partial charge in [-0.2, -0.15) is 5.10 Å². The molecule has 3 heterocycles. The summed E-state index contributed by atoms with van der Waals surface area (Å²) in [6.45, 7) is 9.08. The van der Waals surface area contributed by atoms with Crippen molar-refractivity contribution in [2.45, 2.75) is 72.0 Å². The topological polar surface area (TPSA) is 105 Å². The number of aromatic nitrogens is 2. The Hall–Kier alpha value is -3.69. The Labute approximate surface area is 236 Å². The lowest BCUT2D eigenvalue weighted by molar-refractivity contribution is -0.151. The molecule has 1 aromatic heterocycles. The van der Waals surface area contributed by atoms with Crippen LogP contribution in [0.2, 0.25) is 0 Å². The molecule has 216 valence electrons. The molecule has 0 aliphatic carbocycles. The second-order valence-electron chi connectivity index (χ2n) is 10.6. The number of benzene rings is 1. The first kappa shape index (κ1) is 29.3. The summed E-state index contributed by atoms with van der Waals surface area (Å²) in [7, 11) is 0. The highest BCUT2D eigenvalue weighted by Gasteiger charge is 2.31. The average Bonchev–Trinajstić information content (AvgIpc) is 3.35. The van der Waals surface area contributed by atoms with Crippen molar-refractivity contribution in [1.82, 2.24) is 24.5 Å². The van der Waals surface area contributed by atoms with Crippen molar-refractivity contribution in [2.75, 3.05) is 32.8 Å². The van der Waals surface area contributed by atoms with E-state index >= 15 is 0 Å². The van der Waals surface area contributed by atoms with E-state index in [2.05, 4.69) is 5.10 Å². The van der Waals surface area contributed by atoms with Crippen LogP contribution in [0.4, 0.5) is 0 Å². The third-order valence-electron chi connectivity index (χ3n) is 7.94. The van der Waals surface area contributed by atoms with Crippen LogP contribution in [0.3, 0.4) is 0 Å². The van der Waals surface area contributed by atoms with Gasteiger partial charge in [0.15, 0.2) is 5.69 Å². The molecule has 0 spiro atoms. The van der Waals surface area contributed by atoms with Crippen molar-refractivity contribution in [3.8, 4) is 0 Å². The fourth-order valence-corrected chi connectivity index (χ4v) is 5.38. The molecule has 1 atom stereocenters. The first-order valence-electron chi connectivity index (χ1n) is 14.5. The van der Waals surface area contributed by atoms with E-state index in [0.717, 1.165) is 18.4 Å². The van der Waals surface area contributed by atoms with Gasteiger partial charge >= 0.3 is 5.97 Å². The Balaban J connectivity index is 1.40. The summed E-state index contributed by atoms with van der Waals surface area (Å²) in [5.74, 6) is -0.792. The zero-order valence-electron chi connectivity index (χ0n) is 23.9. The van der Waals surface area contributed by atoms with Gasteiger partial charge in [-0.25, -0.2) is 0 Å². The number of nitrogens with zero attached hydrogens (tertiary/aromatic N) is 5. The SMILES string of the molecule is CCOC(=O)C1CCN(C(=O)CCN(C(=O)c2cc3n(n2)CCCN(Cc2ccccc2)C3=O)[C@H](C)CC)CC1. The van der Waals surface area contributed by atoms with Crippen molar-refractivity contribution in [3.05, 3.63) is 53.3 Å². The molecule has 2 aliphatic heterocycles. The maximum atomic E-state index is 13.6. The molecular formula is C30H41N5O5. The van der Waals surface area contributed by atoms with Gasteiger partial charge in [0, 0.05) is 57.8 Å². The van der Waals surface area contributed by atoms with Gasteiger partial charge < -0.3 is 19.4 Å². The van der Waals surface area contributed by atoms with Crippen LogP contribution in [-0.2, 0) is 27.4 Å². The Morgan fingerprint density at radius 1 is 1.07 bits per heavy atom. The van der Waals surface area contributed by atoms with Gasteiger partial charge in [0.1, 0.15) is 5.69 Å². The number of carbonyl (C=O) groups is 4. The number of rotatable bonds is 10. The van der Waals surface area contributed by atoms with Crippen LogP contribution in [0, 0.1) is 5.92 Å². The third kappa shape index (κ3) is 6.89. The maximum Gasteiger partial charge on any atom is 0.309 e.